The highest BCUT2D eigenvalue weighted by Crippen LogP contribution is 2.28. The van der Waals surface area contributed by atoms with Crippen LogP contribution >= 0.6 is 15.9 Å². The Balaban J connectivity index is 1.99. The average Bonchev–Trinajstić information content (AvgIpc) is 2.40. The molecule has 0 spiro atoms. The highest BCUT2D eigenvalue weighted by Gasteiger charge is 2.17. The van der Waals surface area contributed by atoms with Crippen molar-refractivity contribution in [2.45, 2.75) is 19.3 Å². The molecule has 1 saturated heterocycles. The lowest BCUT2D eigenvalue weighted by atomic mass is 10.0. The van der Waals surface area contributed by atoms with Crippen LogP contribution in [0.3, 0.4) is 0 Å². The maximum absolute atomic E-state index is 5.59. The summed E-state index contributed by atoms with van der Waals surface area (Å²) in [5.74, 6) is 0.648. The van der Waals surface area contributed by atoms with Crippen LogP contribution in [0.5, 0.6) is 0 Å². The summed E-state index contributed by atoms with van der Waals surface area (Å²) in [5, 5.41) is 0. The van der Waals surface area contributed by atoms with Gasteiger partial charge >= 0.3 is 0 Å². The highest BCUT2D eigenvalue weighted by molar-refractivity contribution is 9.10. The van der Waals surface area contributed by atoms with Crippen LogP contribution in [-0.2, 0) is 11.2 Å². The number of nitrogens with zero attached hydrogens (tertiary/aromatic N) is 1. The molecular weight excluding hydrogens is 304 g/mol. The van der Waals surface area contributed by atoms with E-state index in [9.17, 15) is 0 Å². The third-order valence-corrected chi connectivity index (χ3v) is 4.28. The normalized spacial score (nSPS) is 19.4. The number of hydrogen-bond acceptors (Lipinski definition) is 3. The van der Waals surface area contributed by atoms with Gasteiger partial charge in [0.25, 0.3) is 0 Å². The summed E-state index contributed by atoms with van der Waals surface area (Å²) >= 11 is 3.67. The smallest absolute Gasteiger partial charge is 0.0511 e. The second-order valence-corrected chi connectivity index (χ2v) is 6.14. The second-order valence-electron chi connectivity index (χ2n) is 5.29. The lowest BCUT2D eigenvalue weighted by Crippen LogP contribution is -2.31. The summed E-state index contributed by atoms with van der Waals surface area (Å²) in [6.45, 7) is 3.57. The molecule has 19 heavy (non-hydrogen) atoms. The molecule has 4 heteroatoms. The fourth-order valence-corrected chi connectivity index (χ4v) is 3.35. The number of rotatable bonds is 5. The molecule has 1 fully saturated rings. The molecule has 0 aliphatic carbocycles. The molecule has 1 heterocycles. The quantitative estimate of drug-likeness (QED) is 0.904. The van der Waals surface area contributed by atoms with Crippen molar-refractivity contribution in [1.29, 1.82) is 0 Å². The predicted octanol–water partition coefficient (Wildman–Crippen LogP) is 2.81. The van der Waals surface area contributed by atoms with E-state index < -0.39 is 0 Å². The zero-order chi connectivity index (χ0) is 13.7. The molecule has 0 amide bonds. The Morgan fingerprint density at radius 2 is 2.32 bits per heavy atom. The molecule has 1 atom stereocenters. The van der Waals surface area contributed by atoms with Crippen LogP contribution in [0.2, 0.25) is 0 Å². The lowest BCUT2D eigenvalue weighted by molar-refractivity contribution is 0.0576. The van der Waals surface area contributed by atoms with Crippen molar-refractivity contribution in [3.05, 3.63) is 28.2 Å². The Labute approximate surface area is 124 Å². The van der Waals surface area contributed by atoms with E-state index in [0.717, 1.165) is 30.7 Å². The first-order chi connectivity index (χ1) is 9.20. The first-order valence-corrected chi connectivity index (χ1v) is 7.77. The van der Waals surface area contributed by atoms with Gasteiger partial charge in [0.1, 0.15) is 0 Å². The minimum absolute atomic E-state index is 0.648. The summed E-state index contributed by atoms with van der Waals surface area (Å²) in [5.41, 5.74) is 8.12. The van der Waals surface area contributed by atoms with Crippen LogP contribution in [0.1, 0.15) is 18.4 Å². The van der Waals surface area contributed by atoms with Crippen LogP contribution in [-0.4, -0.2) is 33.4 Å². The Kier molecular flexibility index (Phi) is 5.67. The van der Waals surface area contributed by atoms with Gasteiger partial charge in [-0.2, -0.15) is 0 Å². The minimum Gasteiger partial charge on any atom is -0.381 e. The van der Waals surface area contributed by atoms with E-state index in [4.69, 9.17) is 10.5 Å². The van der Waals surface area contributed by atoms with Crippen LogP contribution < -0.4 is 10.6 Å². The number of hydrogen-bond donors (Lipinski definition) is 1. The van der Waals surface area contributed by atoms with Gasteiger partial charge in [-0.1, -0.05) is 6.07 Å². The summed E-state index contributed by atoms with van der Waals surface area (Å²) in [7, 11) is 2.15. The average molecular weight is 327 g/mol. The van der Waals surface area contributed by atoms with Crippen molar-refractivity contribution in [1.82, 2.24) is 0 Å². The van der Waals surface area contributed by atoms with Gasteiger partial charge in [-0.05, 0) is 65.4 Å². The third-order valence-electron chi connectivity index (χ3n) is 3.64. The SMILES string of the molecule is CN(CC1CCCOC1)c1ccc(CCN)cc1Br. The molecule has 2 rings (SSSR count). The van der Waals surface area contributed by atoms with Gasteiger partial charge in [-0.3, -0.25) is 0 Å². The van der Waals surface area contributed by atoms with E-state index in [1.54, 1.807) is 0 Å². The molecule has 2 N–H and O–H groups in total. The molecule has 0 radical (unpaired) electrons. The second kappa shape index (κ2) is 7.27. The monoisotopic (exact) mass is 326 g/mol. The maximum atomic E-state index is 5.59. The Bertz CT molecular complexity index is 405. The lowest BCUT2D eigenvalue weighted by Gasteiger charge is -2.29. The molecule has 106 valence electrons. The molecule has 0 aromatic heterocycles. The topological polar surface area (TPSA) is 38.5 Å². The maximum Gasteiger partial charge on any atom is 0.0511 e. The first kappa shape index (κ1) is 14.8. The van der Waals surface area contributed by atoms with Crippen molar-refractivity contribution in [3.63, 3.8) is 0 Å². The van der Waals surface area contributed by atoms with Crippen LogP contribution in [0.4, 0.5) is 5.69 Å². The van der Waals surface area contributed by atoms with Gasteiger partial charge in [0.05, 0.1) is 12.3 Å². The van der Waals surface area contributed by atoms with Crippen molar-refractivity contribution in [2.24, 2.45) is 11.7 Å². The van der Waals surface area contributed by atoms with Gasteiger partial charge in [-0.15, -0.1) is 0 Å². The third kappa shape index (κ3) is 4.20. The fraction of sp³-hybridized carbons (Fsp3) is 0.600. The first-order valence-electron chi connectivity index (χ1n) is 6.98. The summed E-state index contributed by atoms with van der Waals surface area (Å²) in [6, 6.07) is 6.52. The van der Waals surface area contributed by atoms with Gasteiger partial charge in [0.15, 0.2) is 0 Å². The molecule has 0 bridgehead atoms. The van der Waals surface area contributed by atoms with Gasteiger partial charge in [-0.25, -0.2) is 0 Å². The summed E-state index contributed by atoms with van der Waals surface area (Å²) in [4.78, 5) is 2.32. The van der Waals surface area contributed by atoms with Gasteiger partial charge in [0.2, 0.25) is 0 Å². The van der Waals surface area contributed by atoms with Crippen molar-refractivity contribution in [2.75, 3.05) is 38.3 Å². The minimum atomic E-state index is 0.648. The molecule has 1 aromatic carbocycles. The molecule has 1 aliphatic rings. The van der Waals surface area contributed by atoms with Crippen molar-refractivity contribution >= 4 is 21.6 Å². The molecular formula is C15H23BrN2O. The standard InChI is InChI=1S/C15H23BrN2O/c1-18(10-13-3-2-8-19-11-13)15-5-4-12(6-7-17)9-14(15)16/h4-5,9,13H,2-3,6-8,10-11,17H2,1H3. The largest absolute Gasteiger partial charge is 0.381 e. The molecule has 1 aliphatic heterocycles. The van der Waals surface area contributed by atoms with E-state index in [-0.39, 0.29) is 0 Å². The predicted molar refractivity (Wildman–Crippen MR) is 83.7 cm³/mol. The molecule has 3 nitrogen and oxygen atoms in total. The van der Waals surface area contributed by atoms with Crippen LogP contribution in [0.25, 0.3) is 0 Å². The van der Waals surface area contributed by atoms with Crippen molar-refractivity contribution in [3.8, 4) is 0 Å². The van der Waals surface area contributed by atoms with Crippen LogP contribution in [0, 0.1) is 5.92 Å². The molecule has 1 unspecified atom stereocenters. The molecule has 1 aromatic rings. The zero-order valence-corrected chi connectivity index (χ0v) is 13.2. The number of halogens is 1. The van der Waals surface area contributed by atoms with E-state index in [0.29, 0.717) is 12.5 Å². The van der Waals surface area contributed by atoms with Gasteiger partial charge in [0, 0.05) is 24.7 Å². The molecule has 0 saturated carbocycles. The summed E-state index contributed by atoms with van der Waals surface area (Å²) in [6.07, 6.45) is 3.39. The summed E-state index contributed by atoms with van der Waals surface area (Å²) < 4.78 is 6.70. The fourth-order valence-electron chi connectivity index (χ4n) is 2.62. The zero-order valence-electron chi connectivity index (χ0n) is 11.6. The number of anilines is 1. The Morgan fingerprint density at radius 1 is 1.47 bits per heavy atom. The van der Waals surface area contributed by atoms with Gasteiger partial charge < -0.3 is 15.4 Å². The van der Waals surface area contributed by atoms with Crippen molar-refractivity contribution < 1.29 is 4.74 Å². The van der Waals surface area contributed by atoms with E-state index >= 15 is 0 Å². The Morgan fingerprint density at radius 3 is 2.95 bits per heavy atom. The van der Waals surface area contributed by atoms with E-state index in [2.05, 4.69) is 46.1 Å². The van der Waals surface area contributed by atoms with E-state index in [1.165, 1.54) is 24.1 Å². The highest BCUT2D eigenvalue weighted by atomic mass is 79.9. The number of benzene rings is 1. The number of nitrogens with two attached hydrogens (primary N) is 1. The van der Waals surface area contributed by atoms with E-state index in [1.807, 2.05) is 0 Å². The Hall–Kier alpha value is -0.580. The van der Waals surface area contributed by atoms with Crippen LogP contribution in [0.15, 0.2) is 22.7 Å². The number of ether oxygens (including phenoxy) is 1.